The zero-order valence-corrected chi connectivity index (χ0v) is 17.8. The third-order valence-electron chi connectivity index (χ3n) is 6.02. The molecule has 4 rings (SSSR count). The number of hydrogen-bond donors (Lipinski definition) is 0. The Labute approximate surface area is 183 Å². The molecule has 4 heteroatoms. The van der Waals surface area contributed by atoms with Crippen LogP contribution in [0, 0.1) is 0 Å². The molecule has 1 amide bonds. The van der Waals surface area contributed by atoms with E-state index in [0.29, 0.717) is 6.42 Å². The maximum atomic E-state index is 13.1. The van der Waals surface area contributed by atoms with Gasteiger partial charge in [-0.1, -0.05) is 91.0 Å². The molecule has 0 spiro atoms. The van der Waals surface area contributed by atoms with Crippen molar-refractivity contribution in [2.75, 3.05) is 0 Å². The predicted octanol–water partition coefficient (Wildman–Crippen LogP) is 5.44. The highest BCUT2D eigenvalue weighted by Crippen LogP contribution is 2.50. The molecule has 4 atom stereocenters. The quantitative estimate of drug-likeness (QED) is 0.535. The van der Waals surface area contributed by atoms with Crippen LogP contribution in [0.5, 0.6) is 0 Å². The molecule has 0 saturated carbocycles. The Morgan fingerprint density at radius 1 is 0.742 bits per heavy atom. The van der Waals surface area contributed by atoms with Gasteiger partial charge in [0.2, 0.25) is 5.91 Å². The topological polar surface area (TPSA) is 46.6 Å². The van der Waals surface area contributed by atoms with Crippen LogP contribution in [-0.4, -0.2) is 22.9 Å². The van der Waals surface area contributed by atoms with Gasteiger partial charge in [-0.2, -0.15) is 0 Å². The van der Waals surface area contributed by atoms with E-state index in [9.17, 15) is 9.59 Å². The number of esters is 1. The van der Waals surface area contributed by atoms with Gasteiger partial charge >= 0.3 is 5.97 Å². The lowest BCUT2D eigenvalue weighted by molar-refractivity contribution is -0.157. The lowest BCUT2D eigenvalue weighted by atomic mass is 9.74. The van der Waals surface area contributed by atoms with E-state index < -0.39 is 0 Å². The van der Waals surface area contributed by atoms with Crippen LogP contribution in [0.1, 0.15) is 55.0 Å². The summed E-state index contributed by atoms with van der Waals surface area (Å²) >= 11 is 0. The molecule has 4 nitrogen and oxygen atoms in total. The number of carbonyl (C=O) groups excluding carboxylic acids is 2. The van der Waals surface area contributed by atoms with Crippen molar-refractivity contribution < 1.29 is 14.3 Å². The van der Waals surface area contributed by atoms with Crippen LogP contribution in [0.3, 0.4) is 0 Å². The summed E-state index contributed by atoms with van der Waals surface area (Å²) < 4.78 is 5.91. The lowest BCUT2D eigenvalue weighted by Crippen LogP contribution is -2.49. The Morgan fingerprint density at radius 3 is 1.71 bits per heavy atom. The molecule has 1 aliphatic heterocycles. The minimum absolute atomic E-state index is 0.00455. The van der Waals surface area contributed by atoms with Gasteiger partial charge in [0.1, 0.15) is 6.10 Å². The summed E-state index contributed by atoms with van der Waals surface area (Å²) in [5.41, 5.74) is 3.13. The largest absolute Gasteiger partial charge is 0.462 e. The fourth-order valence-electron chi connectivity index (χ4n) is 4.86. The summed E-state index contributed by atoms with van der Waals surface area (Å²) in [5, 5.41) is 0. The first-order valence-corrected chi connectivity index (χ1v) is 10.7. The molecule has 0 N–H and O–H groups in total. The fraction of sp³-hybridized carbons (Fsp3) is 0.259. The van der Waals surface area contributed by atoms with Crippen molar-refractivity contribution in [2.45, 2.75) is 44.4 Å². The van der Waals surface area contributed by atoms with Crippen LogP contribution in [0.2, 0.25) is 0 Å². The van der Waals surface area contributed by atoms with Crippen molar-refractivity contribution in [3.05, 3.63) is 108 Å². The summed E-state index contributed by atoms with van der Waals surface area (Å²) in [7, 11) is 0. The SMILES string of the molecule is CC(=O)O[C@@H]1C[C@@H](c2ccccc2)N(C(C)=O)[C@@H](c2ccccc2)[C@H]1c1ccccc1. The number of amides is 1. The van der Waals surface area contributed by atoms with Gasteiger partial charge in [-0.25, -0.2) is 0 Å². The molecule has 158 valence electrons. The number of nitrogens with zero attached hydrogens (tertiary/aromatic N) is 1. The molecule has 0 aromatic heterocycles. The molecule has 1 heterocycles. The van der Waals surface area contributed by atoms with Crippen molar-refractivity contribution in [3.8, 4) is 0 Å². The van der Waals surface area contributed by atoms with E-state index in [4.69, 9.17) is 4.74 Å². The van der Waals surface area contributed by atoms with Crippen LogP contribution < -0.4 is 0 Å². The summed E-state index contributed by atoms with van der Waals surface area (Å²) in [6.07, 6.45) is 0.192. The number of benzene rings is 3. The van der Waals surface area contributed by atoms with Crippen molar-refractivity contribution in [1.29, 1.82) is 0 Å². The minimum atomic E-state index is -0.356. The molecule has 0 aliphatic carbocycles. The fourth-order valence-corrected chi connectivity index (χ4v) is 4.86. The van der Waals surface area contributed by atoms with Crippen molar-refractivity contribution in [1.82, 2.24) is 4.90 Å². The van der Waals surface area contributed by atoms with E-state index in [1.54, 1.807) is 6.92 Å². The average molecular weight is 414 g/mol. The van der Waals surface area contributed by atoms with Crippen LogP contribution in [0.4, 0.5) is 0 Å². The Balaban J connectivity index is 1.91. The highest BCUT2D eigenvalue weighted by molar-refractivity contribution is 5.75. The second-order valence-electron chi connectivity index (χ2n) is 8.03. The molecular formula is C27H27NO3. The summed E-state index contributed by atoms with van der Waals surface area (Å²) in [4.78, 5) is 27.2. The second-order valence-corrected chi connectivity index (χ2v) is 8.03. The van der Waals surface area contributed by atoms with Crippen molar-refractivity contribution >= 4 is 11.9 Å². The molecule has 0 radical (unpaired) electrons. The first-order chi connectivity index (χ1) is 15.1. The number of rotatable bonds is 4. The number of hydrogen-bond acceptors (Lipinski definition) is 3. The van der Waals surface area contributed by atoms with Gasteiger partial charge < -0.3 is 9.64 Å². The lowest BCUT2D eigenvalue weighted by Gasteiger charge is -2.50. The van der Waals surface area contributed by atoms with E-state index in [1.165, 1.54) is 6.92 Å². The van der Waals surface area contributed by atoms with E-state index in [0.717, 1.165) is 16.7 Å². The Hall–Kier alpha value is -3.40. The van der Waals surface area contributed by atoms with Gasteiger partial charge in [0.05, 0.1) is 12.1 Å². The van der Waals surface area contributed by atoms with Crippen molar-refractivity contribution in [2.24, 2.45) is 0 Å². The molecule has 3 aromatic carbocycles. The maximum absolute atomic E-state index is 13.1. The Morgan fingerprint density at radius 2 is 1.23 bits per heavy atom. The highest BCUT2D eigenvalue weighted by Gasteiger charge is 2.47. The number of piperidine rings is 1. The van der Waals surface area contributed by atoms with Crippen LogP contribution >= 0.6 is 0 Å². The van der Waals surface area contributed by atoms with Gasteiger partial charge in [0, 0.05) is 26.2 Å². The third-order valence-corrected chi connectivity index (χ3v) is 6.02. The van der Waals surface area contributed by atoms with E-state index in [2.05, 4.69) is 24.3 Å². The zero-order valence-electron chi connectivity index (χ0n) is 17.8. The Kier molecular flexibility index (Phi) is 6.17. The molecule has 0 unspecified atom stereocenters. The second kappa shape index (κ2) is 9.17. The molecular weight excluding hydrogens is 386 g/mol. The van der Waals surface area contributed by atoms with Crippen LogP contribution in [0.15, 0.2) is 91.0 Å². The normalized spacial score (nSPS) is 23.2. The number of ether oxygens (including phenoxy) is 1. The monoisotopic (exact) mass is 413 g/mol. The zero-order chi connectivity index (χ0) is 21.8. The maximum Gasteiger partial charge on any atom is 0.302 e. The first kappa shape index (κ1) is 20.9. The molecule has 0 bridgehead atoms. The molecule has 1 fully saturated rings. The van der Waals surface area contributed by atoms with Gasteiger partial charge in [0.25, 0.3) is 0 Å². The van der Waals surface area contributed by atoms with Gasteiger partial charge in [-0.3, -0.25) is 9.59 Å². The molecule has 1 saturated heterocycles. The number of carbonyl (C=O) groups is 2. The van der Waals surface area contributed by atoms with E-state index >= 15 is 0 Å². The summed E-state index contributed by atoms with van der Waals surface area (Å²) in [6.45, 7) is 3.08. The molecule has 31 heavy (non-hydrogen) atoms. The Bertz CT molecular complexity index is 1020. The average Bonchev–Trinajstić information content (AvgIpc) is 2.79. The van der Waals surface area contributed by atoms with Gasteiger partial charge in [0.15, 0.2) is 0 Å². The van der Waals surface area contributed by atoms with Crippen LogP contribution in [0.25, 0.3) is 0 Å². The van der Waals surface area contributed by atoms with Gasteiger partial charge in [-0.05, 0) is 16.7 Å². The summed E-state index contributed by atoms with van der Waals surface area (Å²) in [5.74, 6) is -0.470. The third kappa shape index (κ3) is 4.38. The predicted molar refractivity (Wildman–Crippen MR) is 120 cm³/mol. The number of likely N-dealkylation sites (tertiary alicyclic amines) is 1. The minimum Gasteiger partial charge on any atom is -0.462 e. The smallest absolute Gasteiger partial charge is 0.302 e. The van der Waals surface area contributed by atoms with E-state index in [1.807, 2.05) is 71.6 Å². The van der Waals surface area contributed by atoms with Gasteiger partial charge in [-0.15, -0.1) is 0 Å². The summed E-state index contributed by atoms with van der Waals surface area (Å²) in [6, 6.07) is 29.7. The van der Waals surface area contributed by atoms with Crippen LogP contribution in [-0.2, 0) is 14.3 Å². The first-order valence-electron chi connectivity index (χ1n) is 10.7. The highest BCUT2D eigenvalue weighted by atomic mass is 16.5. The molecule has 3 aromatic rings. The standard InChI is InChI=1S/C27H27NO3/c1-19(29)28-24(21-12-6-3-7-13-21)18-25(31-20(2)30)26(22-14-8-4-9-15-22)27(28)23-16-10-5-11-17-23/h3-17,24-27H,18H2,1-2H3/t24-,25+,26-,27-/m0/s1. The van der Waals surface area contributed by atoms with E-state index in [-0.39, 0.29) is 36.0 Å². The molecule has 1 aliphatic rings. The van der Waals surface area contributed by atoms with Crippen molar-refractivity contribution in [3.63, 3.8) is 0 Å².